The molecule has 0 fully saturated rings. The van der Waals surface area contributed by atoms with Gasteiger partial charge in [-0.2, -0.15) is 0 Å². The molecule has 0 N–H and O–H groups in total. The Morgan fingerprint density at radius 3 is 2.20 bits per heavy atom. The number of halogens is 1. The number of carbonyl (C=O) groups is 2. The fourth-order valence-corrected chi connectivity index (χ4v) is 1.02. The van der Waals surface area contributed by atoms with Crippen LogP contribution in [0, 0.1) is 0 Å². The Labute approximate surface area is 94.9 Å². The minimum atomic E-state index is -0.561. The lowest BCUT2D eigenvalue weighted by molar-refractivity contribution is 0.100. The van der Waals surface area contributed by atoms with Crippen LogP contribution in [-0.2, 0) is 4.74 Å². The maximum Gasteiger partial charge on any atom is 0.409 e. The quantitative estimate of drug-likeness (QED) is 0.540. The summed E-state index contributed by atoms with van der Waals surface area (Å²) in [6.45, 7) is 5.43. The summed E-state index contributed by atoms with van der Waals surface area (Å²) >= 11 is 5.20. The number of nitrogens with zero attached hydrogens (tertiary/aromatic N) is 2. The molecule has 0 unspecified atom stereocenters. The summed E-state index contributed by atoms with van der Waals surface area (Å²) in [4.78, 5) is 24.8. The van der Waals surface area contributed by atoms with E-state index in [1.807, 2.05) is 13.8 Å². The number of amides is 2. The summed E-state index contributed by atoms with van der Waals surface area (Å²) in [7, 11) is 1.54. The third-order valence-corrected chi connectivity index (χ3v) is 2.26. The first kappa shape index (κ1) is 14.0. The molecule has 0 saturated carbocycles. The second-order valence-electron chi connectivity index (χ2n) is 2.96. The van der Waals surface area contributed by atoms with Crippen molar-refractivity contribution in [2.45, 2.75) is 13.8 Å². The number of hydrogen-bond donors (Lipinski definition) is 0. The molecule has 0 spiro atoms. The molecule has 88 valence electrons. The minimum absolute atomic E-state index is 0.157. The van der Waals surface area contributed by atoms with Gasteiger partial charge in [0.15, 0.2) is 0 Å². The maximum absolute atomic E-state index is 11.3. The first-order valence-electron chi connectivity index (χ1n) is 4.85. The highest BCUT2D eigenvalue weighted by Gasteiger charge is 2.11. The smallest absolute Gasteiger partial charge is 0.409 e. The monoisotopic (exact) mass is 236 g/mol. The average Bonchev–Trinajstić information content (AvgIpc) is 2.19. The second kappa shape index (κ2) is 7.34. The van der Waals surface area contributed by atoms with Gasteiger partial charge < -0.3 is 14.5 Å². The lowest BCUT2D eigenvalue weighted by atomic mass is 10.5. The highest BCUT2D eigenvalue weighted by atomic mass is 35.5. The fourth-order valence-electron chi connectivity index (χ4n) is 0.931. The number of hydrogen-bond acceptors (Lipinski definition) is 3. The van der Waals surface area contributed by atoms with Crippen LogP contribution in [0.5, 0.6) is 0 Å². The molecular formula is C9H17ClN2O3. The third-order valence-electron chi connectivity index (χ3n) is 1.97. The standard InChI is InChI=1S/C9H17ClN2O3/c1-4-12(5-2)9(14)15-7-6-11(3)8(10)13/h4-7H2,1-3H3. The van der Waals surface area contributed by atoms with E-state index in [2.05, 4.69) is 0 Å². The molecule has 0 aliphatic heterocycles. The number of ether oxygens (including phenoxy) is 1. The van der Waals surface area contributed by atoms with Gasteiger partial charge in [-0.1, -0.05) is 0 Å². The lowest BCUT2D eigenvalue weighted by Gasteiger charge is -2.19. The SMILES string of the molecule is CCN(CC)C(=O)OCCN(C)C(=O)Cl. The zero-order chi connectivity index (χ0) is 11.8. The van der Waals surface area contributed by atoms with Crippen molar-refractivity contribution in [3.8, 4) is 0 Å². The van der Waals surface area contributed by atoms with E-state index in [1.165, 1.54) is 4.90 Å². The molecule has 15 heavy (non-hydrogen) atoms. The summed E-state index contributed by atoms with van der Waals surface area (Å²) in [6.07, 6.45) is -0.365. The fraction of sp³-hybridized carbons (Fsp3) is 0.778. The average molecular weight is 237 g/mol. The van der Waals surface area contributed by atoms with E-state index in [4.69, 9.17) is 16.3 Å². The first-order chi connectivity index (χ1) is 7.02. The molecule has 0 saturated heterocycles. The molecule has 0 aromatic carbocycles. The van der Waals surface area contributed by atoms with Crippen LogP contribution in [0.1, 0.15) is 13.8 Å². The van der Waals surface area contributed by atoms with E-state index in [9.17, 15) is 9.59 Å². The van der Waals surface area contributed by atoms with Crippen LogP contribution in [0.2, 0.25) is 0 Å². The number of rotatable bonds is 5. The number of likely N-dealkylation sites (N-methyl/N-ethyl adjacent to an activating group) is 1. The van der Waals surface area contributed by atoms with E-state index in [0.717, 1.165) is 0 Å². The van der Waals surface area contributed by atoms with Crippen molar-refractivity contribution in [3.05, 3.63) is 0 Å². The summed E-state index contributed by atoms with van der Waals surface area (Å²) < 4.78 is 4.94. The molecule has 6 heteroatoms. The van der Waals surface area contributed by atoms with Gasteiger partial charge in [0.1, 0.15) is 6.61 Å². The van der Waals surface area contributed by atoms with Crippen molar-refractivity contribution in [2.75, 3.05) is 33.3 Å². The van der Waals surface area contributed by atoms with E-state index < -0.39 is 5.37 Å². The Morgan fingerprint density at radius 1 is 1.27 bits per heavy atom. The highest BCUT2D eigenvalue weighted by molar-refractivity contribution is 6.62. The van der Waals surface area contributed by atoms with Crippen molar-refractivity contribution >= 4 is 23.1 Å². The van der Waals surface area contributed by atoms with Crippen molar-refractivity contribution in [1.82, 2.24) is 9.80 Å². The lowest BCUT2D eigenvalue weighted by Crippen LogP contribution is -2.33. The van der Waals surface area contributed by atoms with Gasteiger partial charge in [-0.25, -0.2) is 4.79 Å². The zero-order valence-electron chi connectivity index (χ0n) is 9.33. The van der Waals surface area contributed by atoms with Gasteiger partial charge in [-0.15, -0.1) is 0 Å². The normalized spacial score (nSPS) is 9.60. The summed E-state index contributed by atoms with van der Waals surface area (Å²) in [5.74, 6) is 0. The Hall–Kier alpha value is -0.970. The largest absolute Gasteiger partial charge is 0.448 e. The molecular weight excluding hydrogens is 220 g/mol. The first-order valence-corrected chi connectivity index (χ1v) is 5.23. The number of carbonyl (C=O) groups excluding carboxylic acids is 2. The van der Waals surface area contributed by atoms with Crippen LogP contribution >= 0.6 is 11.6 Å². The van der Waals surface area contributed by atoms with Crippen molar-refractivity contribution < 1.29 is 14.3 Å². The van der Waals surface area contributed by atoms with Crippen molar-refractivity contribution in [1.29, 1.82) is 0 Å². The molecule has 0 bridgehead atoms. The van der Waals surface area contributed by atoms with E-state index in [0.29, 0.717) is 19.6 Å². The third kappa shape index (κ3) is 5.47. The Morgan fingerprint density at radius 2 is 1.80 bits per heavy atom. The molecule has 0 aliphatic carbocycles. The van der Waals surface area contributed by atoms with Crippen molar-refractivity contribution in [3.63, 3.8) is 0 Å². The maximum atomic E-state index is 11.3. The molecule has 0 aliphatic rings. The molecule has 0 heterocycles. The minimum Gasteiger partial charge on any atom is -0.448 e. The van der Waals surface area contributed by atoms with Crippen LogP contribution in [-0.4, -0.2) is 54.5 Å². The van der Waals surface area contributed by atoms with E-state index in [1.54, 1.807) is 11.9 Å². The van der Waals surface area contributed by atoms with Gasteiger partial charge >= 0.3 is 11.5 Å². The van der Waals surface area contributed by atoms with Gasteiger partial charge in [0.05, 0.1) is 6.54 Å². The van der Waals surface area contributed by atoms with Crippen LogP contribution in [0.15, 0.2) is 0 Å². The summed E-state index contributed by atoms with van der Waals surface area (Å²) in [5, 5.41) is -0.561. The Balaban J connectivity index is 3.76. The topological polar surface area (TPSA) is 49.9 Å². The highest BCUT2D eigenvalue weighted by Crippen LogP contribution is 1.95. The molecule has 0 atom stereocenters. The van der Waals surface area contributed by atoms with Crippen LogP contribution < -0.4 is 0 Å². The van der Waals surface area contributed by atoms with E-state index >= 15 is 0 Å². The van der Waals surface area contributed by atoms with Gasteiger partial charge in [-0.05, 0) is 25.4 Å². The van der Waals surface area contributed by atoms with Crippen LogP contribution in [0.25, 0.3) is 0 Å². The predicted molar refractivity (Wildman–Crippen MR) is 58.1 cm³/mol. The van der Waals surface area contributed by atoms with Gasteiger partial charge in [0, 0.05) is 20.1 Å². The molecule has 0 aromatic heterocycles. The molecule has 2 amide bonds. The Bertz CT molecular complexity index is 219. The van der Waals surface area contributed by atoms with Crippen LogP contribution in [0.4, 0.5) is 9.59 Å². The van der Waals surface area contributed by atoms with Gasteiger partial charge in [-0.3, -0.25) is 4.79 Å². The molecule has 0 radical (unpaired) electrons. The summed E-state index contributed by atoms with van der Waals surface area (Å²) in [6, 6.07) is 0. The zero-order valence-corrected chi connectivity index (χ0v) is 10.1. The van der Waals surface area contributed by atoms with Gasteiger partial charge in [0.2, 0.25) is 0 Å². The second-order valence-corrected chi connectivity index (χ2v) is 3.28. The van der Waals surface area contributed by atoms with Crippen molar-refractivity contribution in [2.24, 2.45) is 0 Å². The summed E-state index contributed by atoms with van der Waals surface area (Å²) in [5.41, 5.74) is 0. The van der Waals surface area contributed by atoms with Gasteiger partial charge in [0.25, 0.3) is 0 Å². The Kier molecular flexibility index (Phi) is 6.86. The molecule has 5 nitrogen and oxygen atoms in total. The molecule has 0 aromatic rings. The molecule has 0 rings (SSSR count). The predicted octanol–water partition coefficient (Wildman–Crippen LogP) is 1.76. The van der Waals surface area contributed by atoms with E-state index in [-0.39, 0.29) is 12.7 Å². The van der Waals surface area contributed by atoms with Crippen LogP contribution in [0.3, 0.4) is 0 Å².